The molecular formula is C10H10ClN3S. The van der Waals surface area contributed by atoms with E-state index in [4.69, 9.17) is 23.8 Å². The van der Waals surface area contributed by atoms with Crippen molar-refractivity contribution in [1.82, 2.24) is 14.8 Å². The largest absolute Gasteiger partial charge is 0.303 e. The van der Waals surface area contributed by atoms with Crippen LogP contribution in [0.2, 0.25) is 5.02 Å². The molecule has 1 aromatic heterocycles. The van der Waals surface area contributed by atoms with E-state index < -0.39 is 0 Å². The molecule has 2 rings (SSSR count). The number of rotatable bonds is 1. The van der Waals surface area contributed by atoms with Gasteiger partial charge in [-0.3, -0.25) is 5.10 Å². The van der Waals surface area contributed by atoms with Crippen LogP contribution in [0.5, 0.6) is 0 Å². The van der Waals surface area contributed by atoms with Crippen molar-refractivity contribution in [3.63, 3.8) is 0 Å². The van der Waals surface area contributed by atoms with Gasteiger partial charge in [-0.2, -0.15) is 5.10 Å². The molecule has 5 heteroatoms. The minimum atomic E-state index is 0.585. The number of aromatic nitrogens is 3. The van der Waals surface area contributed by atoms with Crippen molar-refractivity contribution >= 4 is 23.8 Å². The standard InChI is InChI=1S/C10H10ClN3S/c1-6-3-4-7(8(11)5-6)9-12-13-10(15)14(9)2/h3-5H,1-2H3,(H,13,15). The molecule has 0 saturated heterocycles. The maximum Gasteiger partial charge on any atom is 0.195 e. The molecular weight excluding hydrogens is 230 g/mol. The molecule has 0 aliphatic heterocycles. The summed E-state index contributed by atoms with van der Waals surface area (Å²) in [5, 5.41) is 7.56. The van der Waals surface area contributed by atoms with Gasteiger partial charge in [0.05, 0.1) is 5.02 Å². The first-order valence-corrected chi connectivity index (χ1v) is 5.26. The van der Waals surface area contributed by atoms with Crippen LogP contribution in [0.4, 0.5) is 0 Å². The third-order valence-electron chi connectivity index (χ3n) is 2.25. The summed E-state index contributed by atoms with van der Waals surface area (Å²) in [4.78, 5) is 0. The van der Waals surface area contributed by atoms with Crippen molar-refractivity contribution in [2.45, 2.75) is 6.92 Å². The Hall–Kier alpha value is -1.13. The van der Waals surface area contributed by atoms with E-state index in [1.54, 1.807) is 4.57 Å². The van der Waals surface area contributed by atoms with E-state index in [1.165, 1.54) is 0 Å². The molecule has 0 unspecified atom stereocenters. The van der Waals surface area contributed by atoms with Gasteiger partial charge in [0, 0.05) is 12.6 Å². The molecule has 0 fully saturated rings. The second-order valence-electron chi connectivity index (χ2n) is 3.39. The number of hydrogen-bond donors (Lipinski definition) is 1. The second-order valence-corrected chi connectivity index (χ2v) is 4.19. The molecule has 0 spiro atoms. The average molecular weight is 240 g/mol. The van der Waals surface area contributed by atoms with Crippen LogP contribution >= 0.6 is 23.8 Å². The Balaban J connectivity index is 2.64. The van der Waals surface area contributed by atoms with E-state index in [-0.39, 0.29) is 0 Å². The molecule has 2 aromatic rings. The molecule has 1 aromatic carbocycles. The Morgan fingerprint density at radius 2 is 2.20 bits per heavy atom. The third-order valence-corrected chi connectivity index (χ3v) is 2.92. The fourth-order valence-corrected chi connectivity index (χ4v) is 1.84. The predicted molar refractivity (Wildman–Crippen MR) is 63.6 cm³/mol. The molecule has 1 heterocycles. The van der Waals surface area contributed by atoms with Crippen LogP contribution in [-0.4, -0.2) is 14.8 Å². The van der Waals surface area contributed by atoms with Crippen LogP contribution in [0.15, 0.2) is 18.2 Å². The molecule has 0 amide bonds. The Morgan fingerprint density at radius 3 is 2.73 bits per heavy atom. The Labute approximate surface area is 97.7 Å². The van der Waals surface area contributed by atoms with Gasteiger partial charge in [0.15, 0.2) is 10.6 Å². The van der Waals surface area contributed by atoms with E-state index in [2.05, 4.69) is 10.2 Å². The Bertz CT molecular complexity index is 556. The van der Waals surface area contributed by atoms with Gasteiger partial charge in [0.25, 0.3) is 0 Å². The van der Waals surface area contributed by atoms with E-state index in [0.29, 0.717) is 9.79 Å². The normalized spacial score (nSPS) is 10.6. The predicted octanol–water partition coefficient (Wildman–Crippen LogP) is 3.11. The summed E-state index contributed by atoms with van der Waals surface area (Å²) < 4.78 is 2.38. The van der Waals surface area contributed by atoms with Crippen molar-refractivity contribution in [2.24, 2.45) is 7.05 Å². The number of aryl methyl sites for hydroxylation is 1. The number of halogens is 1. The first kappa shape index (κ1) is 10.4. The molecule has 0 saturated carbocycles. The lowest BCUT2D eigenvalue weighted by Gasteiger charge is -2.03. The molecule has 0 atom stereocenters. The van der Waals surface area contributed by atoms with Gasteiger partial charge in [-0.25, -0.2) is 0 Å². The average Bonchev–Trinajstić information content (AvgIpc) is 2.49. The van der Waals surface area contributed by atoms with Crippen LogP contribution in [0.3, 0.4) is 0 Å². The minimum Gasteiger partial charge on any atom is -0.303 e. The maximum atomic E-state index is 6.14. The van der Waals surface area contributed by atoms with Crippen LogP contribution in [0, 0.1) is 11.7 Å². The van der Waals surface area contributed by atoms with Gasteiger partial charge < -0.3 is 4.57 Å². The lowest BCUT2D eigenvalue weighted by atomic mass is 10.1. The Kier molecular flexibility index (Phi) is 2.63. The second kappa shape index (κ2) is 3.79. The summed E-state index contributed by atoms with van der Waals surface area (Å²) in [6, 6.07) is 5.86. The van der Waals surface area contributed by atoms with Crippen molar-refractivity contribution < 1.29 is 0 Å². The van der Waals surface area contributed by atoms with Gasteiger partial charge >= 0.3 is 0 Å². The number of hydrogen-bond acceptors (Lipinski definition) is 2. The number of nitrogens with zero attached hydrogens (tertiary/aromatic N) is 2. The monoisotopic (exact) mass is 239 g/mol. The number of nitrogens with one attached hydrogen (secondary N) is 1. The summed E-state index contributed by atoms with van der Waals surface area (Å²) in [6.07, 6.45) is 0. The fraction of sp³-hybridized carbons (Fsp3) is 0.200. The van der Waals surface area contributed by atoms with E-state index in [1.807, 2.05) is 32.2 Å². The van der Waals surface area contributed by atoms with Crippen molar-refractivity contribution in [3.05, 3.63) is 33.6 Å². The first-order chi connectivity index (χ1) is 7.09. The SMILES string of the molecule is Cc1ccc(-c2n[nH]c(=S)n2C)c(Cl)c1. The van der Waals surface area contributed by atoms with Crippen molar-refractivity contribution in [3.8, 4) is 11.4 Å². The lowest BCUT2D eigenvalue weighted by Crippen LogP contribution is -1.93. The zero-order valence-electron chi connectivity index (χ0n) is 8.41. The van der Waals surface area contributed by atoms with Crippen LogP contribution in [0.25, 0.3) is 11.4 Å². The molecule has 0 aliphatic rings. The van der Waals surface area contributed by atoms with Crippen molar-refractivity contribution in [2.75, 3.05) is 0 Å². The highest BCUT2D eigenvalue weighted by Crippen LogP contribution is 2.26. The smallest absolute Gasteiger partial charge is 0.195 e. The zero-order chi connectivity index (χ0) is 11.0. The molecule has 78 valence electrons. The summed E-state index contributed by atoms with van der Waals surface area (Å²) in [6.45, 7) is 2.00. The molecule has 0 radical (unpaired) electrons. The molecule has 1 N–H and O–H groups in total. The van der Waals surface area contributed by atoms with Gasteiger partial charge in [-0.15, -0.1) is 0 Å². The maximum absolute atomic E-state index is 6.14. The molecule has 0 aliphatic carbocycles. The summed E-state index contributed by atoms with van der Waals surface area (Å²) >= 11 is 11.2. The topological polar surface area (TPSA) is 33.6 Å². The summed E-state index contributed by atoms with van der Waals surface area (Å²) in [5.74, 6) is 0.755. The highest BCUT2D eigenvalue weighted by Gasteiger charge is 2.09. The number of aromatic amines is 1. The van der Waals surface area contributed by atoms with Crippen molar-refractivity contribution in [1.29, 1.82) is 0 Å². The summed E-state index contributed by atoms with van der Waals surface area (Å²) in [7, 11) is 1.86. The molecule has 3 nitrogen and oxygen atoms in total. The minimum absolute atomic E-state index is 0.585. The highest BCUT2D eigenvalue weighted by atomic mass is 35.5. The van der Waals surface area contributed by atoms with Gasteiger partial charge in [-0.1, -0.05) is 17.7 Å². The Morgan fingerprint density at radius 1 is 1.47 bits per heavy atom. The van der Waals surface area contributed by atoms with Crippen LogP contribution in [0.1, 0.15) is 5.56 Å². The quantitative estimate of drug-likeness (QED) is 0.776. The summed E-state index contributed by atoms with van der Waals surface area (Å²) in [5.41, 5.74) is 2.01. The van der Waals surface area contributed by atoms with E-state index in [9.17, 15) is 0 Å². The molecule has 0 bridgehead atoms. The first-order valence-electron chi connectivity index (χ1n) is 4.47. The van der Waals surface area contributed by atoms with Gasteiger partial charge in [0.2, 0.25) is 0 Å². The third kappa shape index (κ3) is 1.82. The van der Waals surface area contributed by atoms with E-state index >= 15 is 0 Å². The van der Waals surface area contributed by atoms with E-state index in [0.717, 1.165) is 17.0 Å². The van der Waals surface area contributed by atoms with Crippen LogP contribution < -0.4 is 0 Å². The lowest BCUT2D eigenvalue weighted by molar-refractivity contribution is 0.902. The van der Waals surface area contributed by atoms with Gasteiger partial charge in [-0.05, 0) is 36.8 Å². The van der Waals surface area contributed by atoms with Crippen LogP contribution in [-0.2, 0) is 7.05 Å². The zero-order valence-corrected chi connectivity index (χ0v) is 9.99. The highest BCUT2D eigenvalue weighted by molar-refractivity contribution is 7.71. The molecule has 15 heavy (non-hydrogen) atoms. The number of H-pyrrole nitrogens is 1. The fourth-order valence-electron chi connectivity index (χ4n) is 1.39. The number of benzene rings is 1. The van der Waals surface area contributed by atoms with Gasteiger partial charge in [0.1, 0.15) is 0 Å².